The van der Waals surface area contributed by atoms with Crippen LogP contribution in [0.25, 0.3) is 0 Å². The van der Waals surface area contributed by atoms with Gasteiger partial charge in [-0.3, -0.25) is 0 Å². The van der Waals surface area contributed by atoms with Crippen LogP contribution in [0, 0.1) is 0 Å². The molecule has 0 spiro atoms. The van der Waals surface area contributed by atoms with Crippen molar-refractivity contribution >= 4 is 8.80 Å². The fraction of sp³-hybridized carbons (Fsp3) is 0.750. The number of ether oxygens (including phenoxy) is 1. The second-order valence-corrected chi connectivity index (χ2v) is 7.20. The zero-order valence-corrected chi connectivity index (χ0v) is 13.3. The van der Waals surface area contributed by atoms with E-state index in [4.69, 9.17) is 18.0 Å². The lowest BCUT2D eigenvalue weighted by Crippen LogP contribution is -2.55. The summed E-state index contributed by atoms with van der Waals surface area (Å²) in [5.41, 5.74) is -0.208. The highest BCUT2D eigenvalue weighted by Gasteiger charge is 2.48. The first-order valence-corrected chi connectivity index (χ1v) is 8.25. The second-order valence-electron chi connectivity index (χ2n) is 4.12. The third-order valence-electron chi connectivity index (χ3n) is 3.15. The van der Waals surface area contributed by atoms with Crippen molar-refractivity contribution in [3.8, 4) is 0 Å². The summed E-state index contributed by atoms with van der Waals surface area (Å²) in [5, 5.41) is 0. The maximum absolute atomic E-state index is 6.14. The first kappa shape index (κ1) is 16.3. The Kier molecular flexibility index (Phi) is 6.67. The van der Waals surface area contributed by atoms with E-state index in [1.54, 1.807) is 33.9 Å². The molecule has 0 aliphatic rings. The van der Waals surface area contributed by atoms with Crippen molar-refractivity contribution in [2.24, 2.45) is 0 Å². The smallest absolute Gasteiger partial charge is 0.375 e. The summed E-state index contributed by atoms with van der Waals surface area (Å²) in [6, 6.07) is 0. The Labute approximate surface area is 116 Å². The molecule has 0 aromatic carbocycles. The highest BCUT2D eigenvalue weighted by atomic mass is 28.4. The van der Waals surface area contributed by atoms with Gasteiger partial charge in [-0.15, -0.1) is 0 Å². The topological polar surface area (TPSA) is 54.7 Å². The molecule has 0 radical (unpaired) electrons. The quantitative estimate of drug-likeness (QED) is 0.651. The van der Waals surface area contributed by atoms with Crippen LogP contribution in [0.1, 0.15) is 32.9 Å². The third-order valence-corrected chi connectivity index (χ3v) is 6.19. The Morgan fingerprint density at radius 2 is 1.74 bits per heavy atom. The lowest BCUT2D eigenvalue weighted by molar-refractivity contribution is -0.0631. The normalized spacial score (nSPS) is 15.4. The Morgan fingerprint density at radius 3 is 2.11 bits per heavy atom. The predicted octanol–water partition coefficient (Wildman–Crippen LogP) is 2.00. The second kappa shape index (κ2) is 7.76. The van der Waals surface area contributed by atoms with E-state index >= 15 is 0 Å². The van der Waals surface area contributed by atoms with Gasteiger partial charge in [-0.1, -0.05) is 13.8 Å². The summed E-state index contributed by atoms with van der Waals surface area (Å²) in [6.45, 7) is 4.09. The van der Waals surface area contributed by atoms with Crippen LogP contribution >= 0.6 is 0 Å². The van der Waals surface area contributed by atoms with Crippen LogP contribution in [0.4, 0.5) is 0 Å². The van der Waals surface area contributed by atoms with Gasteiger partial charge < -0.3 is 22.6 Å². The SMILES string of the molecule is CCC(OC(CC)[Si](OC)(OC)OC)n1ccnc1. The lowest BCUT2D eigenvalue weighted by atomic mass is 10.4. The zero-order chi connectivity index (χ0) is 14.3. The number of hydrogen-bond acceptors (Lipinski definition) is 5. The molecule has 1 rings (SSSR count). The van der Waals surface area contributed by atoms with Gasteiger partial charge in [0.2, 0.25) is 0 Å². The van der Waals surface area contributed by atoms with E-state index in [-0.39, 0.29) is 12.0 Å². The van der Waals surface area contributed by atoms with Gasteiger partial charge in [-0.05, 0) is 12.8 Å². The minimum atomic E-state index is -2.79. The van der Waals surface area contributed by atoms with E-state index in [0.717, 1.165) is 12.8 Å². The minimum Gasteiger partial charge on any atom is -0.375 e. The molecule has 0 saturated carbocycles. The number of rotatable bonds is 9. The highest BCUT2D eigenvalue weighted by molar-refractivity contribution is 6.62. The molecule has 2 atom stereocenters. The van der Waals surface area contributed by atoms with Gasteiger partial charge in [0, 0.05) is 33.7 Å². The van der Waals surface area contributed by atoms with Crippen molar-refractivity contribution < 1.29 is 18.0 Å². The summed E-state index contributed by atoms with van der Waals surface area (Å²) in [6.07, 6.45) is 6.86. The minimum absolute atomic E-state index is 0.0974. The molecular weight excluding hydrogens is 264 g/mol. The van der Waals surface area contributed by atoms with Gasteiger partial charge in [0.15, 0.2) is 0 Å². The predicted molar refractivity (Wildman–Crippen MR) is 73.5 cm³/mol. The largest absolute Gasteiger partial charge is 0.530 e. The number of aromatic nitrogens is 2. The Hall–Kier alpha value is -0.733. The standard InChI is InChI=1S/C12H24N2O4Si/c1-6-11(14-9-8-13-10-14)18-12(7-2)19(15-3,16-4)17-5/h8-12H,6-7H2,1-5H3. The van der Waals surface area contributed by atoms with Gasteiger partial charge in [0.05, 0.1) is 6.33 Å². The molecule has 2 unspecified atom stereocenters. The zero-order valence-electron chi connectivity index (χ0n) is 12.3. The number of hydrogen-bond donors (Lipinski definition) is 0. The van der Waals surface area contributed by atoms with Crippen LogP contribution in [-0.2, 0) is 18.0 Å². The molecule has 110 valence electrons. The summed E-state index contributed by atoms with van der Waals surface area (Å²) >= 11 is 0. The van der Waals surface area contributed by atoms with Gasteiger partial charge in [0.1, 0.15) is 12.0 Å². The van der Waals surface area contributed by atoms with Crippen LogP contribution in [0.15, 0.2) is 18.7 Å². The molecule has 0 fully saturated rings. The highest BCUT2D eigenvalue weighted by Crippen LogP contribution is 2.24. The molecule has 1 aromatic rings. The van der Waals surface area contributed by atoms with Gasteiger partial charge in [-0.25, -0.2) is 4.98 Å². The maximum atomic E-state index is 6.14. The third kappa shape index (κ3) is 3.64. The van der Waals surface area contributed by atoms with Crippen LogP contribution in [0.2, 0.25) is 0 Å². The maximum Gasteiger partial charge on any atom is 0.530 e. The van der Waals surface area contributed by atoms with Crippen molar-refractivity contribution in [3.05, 3.63) is 18.7 Å². The monoisotopic (exact) mass is 288 g/mol. The van der Waals surface area contributed by atoms with Crippen LogP contribution in [0.3, 0.4) is 0 Å². The van der Waals surface area contributed by atoms with Crippen LogP contribution in [0.5, 0.6) is 0 Å². The molecule has 7 heteroatoms. The summed E-state index contributed by atoms with van der Waals surface area (Å²) < 4.78 is 24.6. The van der Waals surface area contributed by atoms with Gasteiger partial charge in [-0.2, -0.15) is 0 Å². The molecule has 19 heavy (non-hydrogen) atoms. The first-order chi connectivity index (χ1) is 9.17. The Bertz CT molecular complexity index is 335. The molecule has 1 aromatic heterocycles. The molecule has 0 bridgehead atoms. The molecule has 6 nitrogen and oxygen atoms in total. The van der Waals surface area contributed by atoms with Crippen LogP contribution < -0.4 is 0 Å². The molecule has 0 amide bonds. The lowest BCUT2D eigenvalue weighted by Gasteiger charge is -2.34. The summed E-state index contributed by atoms with van der Waals surface area (Å²) in [7, 11) is 2.01. The van der Waals surface area contributed by atoms with E-state index in [0.29, 0.717) is 0 Å². The molecule has 1 heterocycles. The molecule has 0 saturated heterocycles. The van der Waals surface area contributed by atoms with Crippen LogP contribution in [-0.4, -0.2) is 45.4 Å². The van der Waals surface area contributed by atoms with E-state index in [9.17, 15) is 0 Å². The van der Waals surface area contributed by atoms with Crippen molar-refractivity contribution in [3.63, 3.8) is 0 Å². The summed E-state index contributed by atoms with van der Waals surface area (Å²) in [5.74, 6) is 0. The van der Waals surface area contributed by atoms with Crippen molar-refractivity contribution in [2.45, 2.75) is 38.6 Å². The fourth-order valence-corrected chi connectivity index (χ4v) is 4.19. The summed E-state index contributed by atoms with van der Waals surface area (Å²) in [4.78, 5) is 4.05. The number of imidazole rings is 1. The first-order valence-electron chi connectivity index (χ1n) is 6.45. The van der Waals surface area contributed by atoms with E-state index in [2.05, 4.69) is 11.9 Å². The molecule has 0 N–H and O–H groups in total. The van der Waals surface area contributed by atoms with E-state index in [1.807, 2.05) is 17.7 Å². The molecule has 0 aliphatic carbocycles. The fourth-order valence-electron chi connectivity index (χ4n) is 2.08. The van der Waals surface area contributed by atoms with Gasteiger partial charge in [0.25, 0.3) is 0 Å². The van der Waals surface area contributed by atoms with E-state index < -0.39 is 8.80 Å². The molecule has 0 aliphatic heterocycles. The molecular formula is C12H24N2O4Si. The van der Waals surface area contributed by atoms with Gasteiger partial charge >= 0.3 is 8.80 Å². The number of nitrogens with zero attached hydrogens (tertiary/aromatic N) is 2. The van der Waals surface area contributed by atoms with Crippen molar-refractivity contribution in [1.29, 1.82) is 0 Å². The average molecular weight is 288 g/mol. The van der Waals surface area contributed by atoms with Crippen molar-refractivity contribution in [1.82, 2.24) is 9.55 Å². The van der Waals surface area contributed by atoms with E-state index in [1.165, 1.54) is 0 Å². The average Bonchev–Trinajstić information content (AvgIpc) is 2.98. The Balaban J connectivity index is 2.85. The Morgan fingerprint density at radius 1 is 1.11 bits per heavy atom. The van der Waals surface area contributed by atoms with Crippen molar-refractivity contribution in [2.75, 3.05) is 21.3 Å².